The molecule has 9 heteroatoms. The van der Waals surface area contributed by atoms with Crippen LogP contribution in [0, 0.1) is 6.92 Å². The zero-order valence-electron chi connectivity index (χ0n) is 18.4. The average molecular weight is 465 g/mol. The van der Waals surface area contributed by atoms with E-state index in [0.717, 1.165) is 12.0 Å². The van der Waals surface area contributed by atoms with Crippen molar-refractivity contribution in [3.63, 3.8) is 0 Å². The van der Waals surface area contributed by atoms with Crippen molar-refractivity contribution in [2.45, 2.75) is 36.6 Å². The first-order chi connectivity index (χ1) is 15.9. The third kappa shape index (κ3) is 4.88. The third-order valence-corrected chi connectivity index (χ3v) is 7.03. The van der Waals surface area contributed by atoms with Crippen molar-refractivity contribution < 1.29 is 17.9 Å². The fourth-order valence-corrected chi connectivity index (χ4v) is 4.84. The Morgan fingerprint density at radius 1 is 1.12 bits per heavy atom. The zero-order valence-corrected chi connectivity index (χ0v) is 19.2. The summed E-state index contributed by atoms with van der Waals surface area (Å²) in [5, 5.41) is 2.82. The van der Waals surface area contributed by atoms with Crippen molar-refractivity contribution >= 4 is 21.5 Å². The smallest absolute Gasteiger partial charge is 0.254 e. The number of amides is 1. The molecule has 0 saturated carbocycles. The van der Waals surface area contributed by atoms with Gasteiger partial charge in [-0.3, -0.25) is 9.20 Å². The Morgan fingerprint density at radius 3 is 2.64 bits per heavy atom. The normalized spacial score (nSPS) is 11.5. The Hall–Kier alpha value is -3.72. The van der Waals surface area contributed by atoms with E-state index in [1.165, 1.54) is 6.20 Å². The van der Waals surface area contributed by atoms with Gasteiger partial charge in [0, 0.05) is 31.3 Å². The molecule has 4 aromatic rings. The molecule has 8 nitrogen and oxygen atoms in total. The second-order valence-electron chi connectivity index (χ2n) is 7.58. The molecule has 33 heavy (non-hydrogen) atoms. The Labute approximate surface area is 192 Å². The Bertz CT molecular complexity index is 1400. The van der Waals surface area contributed by atoms with Crippen LogP contribution in [0.15, 0.2) is 77.0 Å². The van der Waals surface area contributed by atoms with Crippen molar-refractivity contribution in [3.8, 4) is 5.75 Å². The molecule has 2 heterocycles. The summed E-state index contributed by atoms with van der Waals surface area (Å²) in [6, 6.07) is 11.5. The van der Waals surface area contributed by atoms with Gasteiger partial charge in [-0.05, 0) is 54.8 Å². The van der Waals surface area contributed by atoms with Gasteiger partial charge in [0.15, 0.2) is 0 Å². The molecule has 0 radical (unpaired) electrons. The van der Waals surface area contributed by atoms with Crippen LogP contribution in [0.4, 0.5) is 0 Å². The number of aromatic nitrogens is 3. The molecule has 0 fully saturated rings. The van der Waals surface area contributed by atoms with E-state index < -0.39 is 9.84 Å². The van der Waals surface area contributed by atoms with Gasteiger partial charge < -0.3 is 10.1 Å². The molecular formula is C24H24N4O4S. The number of sulfone groups is 1. The molecule has 2 aromatic heterocycles. The van der Waals surface area contributed by atoms with Crippen LogP contribution in [0.1, 0.15) is 34.8 Å². The summed E-state index contributed by atoms with van der Waals surface area (Å²) in [6.45, 7) is 4.60. The van der Waals surface area contributed by atoms with Gasteiger partial charge in [-0.2, -0.15) is 0 Å². The molecular weight excluding hydrogens is 440 g/mol. The first-order valence-corrected chi connectivity index (χ1v) is 12.0. The van der Waals surface area contributed by atoms with Crippen LogP contribution in [0.2, 0.25) is 0 Å². The maximum Gasteiger partial charge on any atom is 0.254 e. The van der Waals surface area contributed by atoms with E-state index >= 15 is 0 Å². The zero-order chi connectivity index (χ0) is 23.4. The molecule has 0 unspecified atom stereocenters. The summed E-state index contributed by atoms with van der Waals surface area (Å²) in [5.41, 5.74) is 1.81. The highest BCUT2D eigenvalue weighted by Crippen LogP contribution is 2.27. The van der Waals surface area contributed by atoms with Gasteiger partial charge in [0.25, 0.3) is 5.91 Å². The number of benzene rings is 2. The number of ether oxygens (including phenoxy) is 1. The lowest BCUT2D eigenvalue weighted by Crippen LogP contribution is -2.23. The number of nitrogens with zero attached hydrogens (tertiary/aromatic N) is 3. The lowest BCUT2D eigenvalue weighted by molar-refractivity contribution is 0.0950. The van der Waals surface area contributed by atoms with E-state index in [1.54, 1.807) is 72.4 Å². The minimum absolute atomic E-state index is 0.192. The average Bonchev–Trinajstić information content (AvgIpc) is 3.29. The third-order valence-electron chi connectivity index (χ3n) is 5.10. The van der Waals surface area contributed by atoms with Gasteiger partial charge in [0.05, 0.1) is 22.0 Å². The maximum atomic E-state index is 13.1. The highest BCUT2D eigenvalue weighted by atomic mass is 32.2. The molecule has 0 aliphatic rings. The number of aryl methyl sites for hydroxylation is 1. The molecule has 0 aliphatic heterocycles. The van der Waals surface area contributed by atoms with Gasteiger partial charge >= 0.3 is 0 Å². The summed E-state index contributed by atoms with van der Waals surface area (Å²) in [7, 11) is -3.67. The number of fused-ring (bicyclic) bond motifs is 1. The Kier molecular flexibility index (Phi) is 6.41. The quantitative estimate of drug-likeness (QED) is 0.428. The van der Waals surface area contributed by atoms with Crippen LogP contribution < -0.4 is 10.1 Å². The van der Waals surface area contributed by atoms with Crippen molar-refractivity contribution in [1.29, 1.82) is 0 Å². The van der Waals surface area contributed by atoms with E-state index in [9.17, 15) is 13.2 Å². The number of rotatable bonds is 8. The topological polar surface area (TPSA) is 103 Å². The second kappa shape index (κ2) is 9.41. The van der Waals surface area contributed by atoms with Crippen molar-refractivity contribution in [3.05, 3.63) is 83.9 Å². The van der Waals surface area contributed by atoms with E-state index in [4.69, 9.17) is 4.74 Å². The molecule has 0 atom stereocenters. The Morgan fingerprint density at radius 2 is 1.91 bits per heavy atom. The first kappa shape index (κ1) is 22.5. The van der Waals surface area contributed by atoms with Crippen LogP contribution in [0.25, 0.3) is 5.78 Å². The Balaban J connectivity index is 1.44. The fraction of sp³-hybridized carbons (Fsp3) is 0.208. The highest BCUT2D eigenvalue weighted by molar-refractivity contribution is 7.91. The largest absolute Gasteiger partial charge is 0.494 e. The molecule has 2 aromatic carbocycles. The first-order valence-electron chi connectivity index (χ1n) is 10.5. The molecule has 1 amide bonds. The number of nitrogens with one attached hydrogen (secondary N) is 1. The SMILES string of the molecule is CCCOc1ccc(S(=O)(=O)c2ccc(CNC(=O)c3cnc4nccn4c3)cc2)c(C)c1. The second-order valence-corrected chi connectivity index (χ2v) is 9.50. The van der Waals surface area contributed by atoms with E-state index in [-0.39, 0.29) is 22.2 Å². The van der Waals surface area contributed by atoms with Gasteiger partial charge in [-0.1, -0.05) is 19.1 Å². The summed E-state index contributed by atoms with van der Waals surface area (Å²) < 4.78 is 33.5. The molecule has 4 rings (SSSR count). The molecule has 0 aliphatic carbocycles. The van der Waals surface area contributed by atoms with E-state index in [1.807, 2.05) is 6.92 Å². The minimum atomic E-state index is -3.67. The number of hydrogen-bond acceptors (Lipinski definition) is 6. The van der Waals surface area contributed by atoms with Crippen molar-refractivity contribution in [1.82, 2.24) is 19.7 Å². The molecule has 0 bridgehead atoms. The predicted octanol–water partition coefficient (Wildman–Crippen LogP) is 3.59. The number of carbonyl (C=O) groups excluding carboxylic acids is 1. The highest BCUT2D eigenvalue weighted by Gasteiger charge is 2.20. The van der Waals surface area contributed by atoms with Crippen molar-refractivity contribution in [2.24, 2.45) is 0 Å². The number of imidazole rings is 1. The molecule has 1 N–H and O–H groups in total. The van der Waals surface area contributed by atoms with Gasteiger partial charge in [0.1, 0.15) is 5.75 Å². The summed E-state index contributed by atoms with van der Waals surface area (Å²) in [5.74, 6) is 0.888. The van der Waals surface area contributed by atoms with Crippen LogP contribution in [0.3, 0.4) is 0 Å². The minimum Gasteiger partial charge on any atom is -0.494 e. The van der Waals surface area contributed by atoms with Crippen LogP contribution in [-0.2, 0) is 16.4 Å². The summed E-state index contributed by atoms with van der Waals surface area (Å²) in [6.07, 6.45) is 7.32. The van der Waals surface area contributed by atoms with Crippen LogP contribution >= 0.6 is 0 Å². The van der Waals surface area contributed by atoms with Gasteiger partial charge in [0.2, 0.25) is 15.6 Å². The molecule has 0 spiro atoms. The summed E-state index contributed by atoms with van der Waals surface area (Å²) >= 11 is 0. The molecule has 0 saturated heterocycles. The predicted molar refractivity (Wildman–Crippen MR) is 123 cm³/mol. The maximum absolute atomic E-state index is 13.1. The molecule has 170 valence electrons. The standard InChI is InChI=1S/C24H24N4O4S/c1-3-12-32-20-6-9-22(17(2)13-20)33(30,31)21-7-4-18(5-8-21)14-26-23(29)19-15-27-24-25-10-11-28(24)16-19/h4-11,13,15-16H,3,12,14H2,1-2H3,(H,26,29). The van der Waals surface area contributed by atoms with Gasteiger partial charge in [-0.15, -0.1) is 0 Å². The van der Waals surface area contributed by atoms with Crippen LogP contribution in [-0.4, -0.2) is 35.3 Å². The number of hydrogen-bond donors (Lipinski definition) is 1. The van der Waals surface area contributed by atoms with E-state index in [2.05, 4.69) is 15.3 Å². The summed E-state index contributed by atoms with van der Waals surface area (Å²) in [4.78, 5) is 21.0. The van der Waals surface area contributed by atoms with Crippen LogP contribution in [0.5, 0.6) is 5.75 Å². The van der Waals surface area contributed by atoms with Crippen molar-refractivity contribution in [2.75, 3.05) is 6.61 Å². The lowest BCUT2D eigenvalue weighted by atomic mass is 10.2. The fourth-order valence-electron chi connectivity index (χ4n) is 3.36. The lowest BCUT2D eigenvalue weighted by Gasteiger charge is -2.11. The van der Waals surface area contributed by atoms with Gasteiger partial charge in [-0.25, -0.2) is 18.4 Å². The monoisotopic (exact) mass is 464 g/mol. The number of carbonyl (C=O) groups is 1. The van der Waals surface area contributed by atoms with E-state index in [0.29, 0.717) is 29.3 Å².